The molecule has 0 spiro atoms. The summed E-state index contributed by atoms with van der Waals surface area (Å²) in [7, 11) is -3.74. The van der Waals surface area contributed by atoms with Gasteiger partial charge in [-0.15, -0.1) is 0 Å². The number of benzene rings is 2. The molecule has 1 aliphatic rings. The standard InChI is InChI=1S/C16H16N2O4S/c1-12-7-8-14(11-16(12)18(19)20)23(21,22)17-10-9-15(17)13-5-3-2-4-6-13/h2-8,11,15H,9-10H2,1H3/t15-/m1/s1. The van der Waals surface area contributed by atoms with Crippen LogP contribution in [0.5, 0.6) is 0 Å². The SMILES string of the molecule is Cc1ccc(S(=O)(=O)N2CC[C@@H]2c2ccccc2)cc1[N+](=O)[O-]. The molecule has 2 aromatic rings. The van der Waals surface area contributed by atoms with E-state index in [2.05, 4.69) is 0 Å². The molecule has 0 radical (unpaired) electrons. The Labute approximate surface area is 134 Å². The average molecular weight is 332 g/mol. The lowest BCUT2D eigenvalue weighted by Crippen LogP contribution is -2.44. The normalized spacial score (nSPS) is 18.4. The molecule has 1 saturated heterocycles. The molecule has 6 nitrogen and oxygen atoms in total. The largest absolute Gasteiger partial charge is 0.273 e. The van der Waals surface area contributed by atoms with Crippen molar-refractivity contribution in [3.05, 3.63) is 69.8 Å². The molecule has 120 valence electrons. The van der Waals surface area contributed by atoms with Gasteiger partial charge < -0.3 is 0 Å². The molecule has 0 unspecified atom stereocenters. The smallest absolute Gasteiger partial charge is 0.258 e. The van der Waals surface area contributed by atoms with E-state index in [-0.39, 0.29) is 16.6 Å². The fourth-order valence-electron chi connectivity index (χ4n) is 2.74. The fourth-order valence-corrected chi connectivity index (χ4v) is 4.42. The molecular formula is C16H16N2O4S. The number of hydrogen-bond acceptors (Lipinski definition) is 4. The molecule has 3 rings (SSSR count). The highest BCUT2D eigenvalue weighted by Crippen LogP contribution is 2.38. The van der Waals surface area contributed by atoms with Crippen LogP contribution in [0.3, 0.4) is 0 Å². The summed E-state index contributed by atoms with van der Waals surface area (Å²) in [6.45, 7) is 2.01. The summed E-state index contributed by atoms with van der Waals surface area (Å²) >= 11 is 0. The van der Waals surface area contributed by atoms with Gasteiger partial charge in [0, 0.05) is 18.2 Å². The third-order valence-corrected chi connectivity index (χ3v) is 6.04. The molecule has 23 heavy (non-hydrogen) atoms. The van der Waals surface area contributed by atoms with Gasteiger partial charge in [-0.05, 0) is 25.0 Å². The molecule has 2 aromatic carbocycles. The van der Waals surface area contributed by atoms with E-state index >= 15 is 0 Å². The number of nitro groups is 1. The Morgan fingerprint density at radius 3 is 2.43 bits per heavy atom. The van der Waals surface area contributed by atoms with E-state index in [1.54, 1.807) is 6.92 Å². The van der Waals surface area contributed by atoms with E-state index in [1.165, 1.54) is 16.4 Å². The number of nitrogens with zero attached hydrogens (tertiary/aromatic N) is 2. The summed E-state index contributed by atoms with van der Waals surface area (Å²) in [6, 6.07) is 13.2. The van der Waals surface area contributed by atoms with Crippen molar-refractivity contribution >= 4 is 15.7 Å². The summed E-state index contributed by atoms with van der Waals surface area (Å²) in [6.07, 6.45) is 0.747. The summed E-state index contributed by atoms with van der Waals surface area (Å²) in [5, 5.41) is 11.0. The second kappa shape index (κ2) is 5.75. The van der Waals surface area contributed by atoms with Crippen molar-refractivity contribution in [2.45, 2.75) is 24.3 Å². The molecule has 1 heterocycles. The van der Waals surface area contributed by atoms with E-state index in [9.17, 15) is 18.5 Å². The minimum Gasteiger partial charge on any atom is -0.258 e. The lowest BCUT2D eigenvalue weighted by atomic mass is 9.98. The molecule has 1 atom stereocenters. The third kappa shape index (κ3) is 2.73. The molecule has 0 saturated carbocycles. The zero-order valence-corrected chi connectivity index (χ0v) is 13.4. The Morgan fingerprint density at radius 2 is 1.87 bits per heavy atom. The van der Waals surface area contributed by atoms with Crippen LogP contribution in [-0.2, 0) is 10.0 Å². The monoisotopic (exact) mass is 332 g/mol. The Morgan fingerprint density at radius 1 is 1.17 bits per heavy atom. The van der Waals surface area contributed by atoms with Gasteiger partial charge >= 0.3 is 0 Å². The zero-order valence-electron chi connectivity index (χ0n) is 12.5. The topological polar surface area (TPSA) is 80.5 Å². The van der Waals surface area contributed by atoms with E-state index < -0.39 is 14.9 Å². The lowest BCUT2D eigenvalue weighted by Gasteiger charge is -2.39. The van der Waals surface area contributed by atoms with E-state index in [0.717, 1.165) is 18.1 Å². The Balaban J connectivity index is 1.96. The molecule has 0 aromatic heterocycles. The van der Waals surface area contributed by atoms with Crippen molar-refractivity contribution < 1.29 is 13.3 Å². The van der Waals surface area contributed by atoms with Crippen LogP contribution in [0.4, 0.5) is 5.69 Å². The maximum Gasteiger partial charge on any atom is 0.273 e. The third-order valence-electron chi connectivity index (χ3n) is 4.14. The van der Waals surface area contributed by atoms with Crippen molar-refractivity contribution in [3.8, 4) is 0 Å². The highest BCUT2D eigenvalue weighted by molar-refractivity contribution is 7.89. The van der Waals surface area contributed by atoms with Crippen molar-refractivity contribution in [2.75, 3.05) is 6.54 Å². The van der Waals surface area contributed by atoms with Gasteiger partial charge in [0.1, 0.15) is 0 Å². The number of hydrogen-bond donors (Lipinski definition) is 0. The van der Waals surface area contributed by atoms with E-state index in [0.29, 0.717) is 12.1 Å². The van der Waals surface area contributed by atoms with Crippen molar-refractivity contribution in [1.82, 2.24) is 4.31 Å². The number of rotatable bonds is 4. The van der Waals surface area contributed by atoms with Crippen molar-refractivity contribution in [3.63, 3.8) is 0 Å². The molecule has 7 heteroatoms. The molecule has 1 aliphatic heterocycles. The zero-order chi connectivity index (χ0) is 16.6. The van der Waals surface area contributed by atoms with Gasteiger partial charge in [0.25, 0.3) is 5.69 Å². The predicted octanol–water partition coefficient (Wildman–Crippen LogP) is 3.04. The first-order chi connectivity index (χ1) is 10.9. The fraction of sp³-hybridized carbons (Fsp3) is 0.250. The number of sulfonamides is 1. The summed E-state index contributed by atoms with van der Waals surface area (Å²) < 4.78 is 27.0. The van der Waals surface area contributed by atoms with E-state index in [4.69, 9.17) is 0 Å². The highest BCUT2D eigenvalue weighted by Gasteiger charge is 2.39. The summed E-state index contributed by atoms with van der Waals surface area (Å²) in [4.78, 5) is 10.4. The van der Waals surface area contributed by atoms with E-state index in [1.807, 2.05) is 30.3 Å². The van der Waals surface area contributed by atoms with Crippen LogP contribution >= 0.6 is 0 Å². The van der Waals surface area contributed by atoms with Crippen LogP contribution in [0.1, 0.15) is 23.6 Å². The van der Waals surface area contributed by atoms with Crippen LogP contribution in [-0.4, -0.2) is 24.2 Å². The second-order valence-electron chi connectivity index (χ2n) is 5.54. The first kappa shape index (κ1) is 15.6. The van der Waals surface area contributed by atoms with Crippen LogP contribution in [0.2, 0.25) is 0 Å². The quantitative estimate of drug-likeness (QED) is 0.636. The lowest BCUT2D eigenvalue weighted by molar-refractivity contribution is -0.385. The van der Waals surface area contributed by atoms with Gasteiger partial charge in [-0.3, -0.25) is 10.1 Å². The predicted molar refractivity (Wildman–Crippen MR) is 85.5 cm³/mol. The Bertz CT molecular complexity index is 850. The van der Waals surface area contributed by atoms with Crippen LogP contribution in [0.25, 0.3) is 0 Å². The van der Waals surface area contributed by atoms with Crippen LogP contribution < -0.4 is 0 Å². The second-order valence-corrected chi connectivity index (χ2v) is 7.43. The average Bonchev–Trinajstić information content (AvgIpc) is 2.46. The number of nitro benzene ring substituents is 1. The summed E-state index contributed by atoms with van der Waals surface area (Å²) in [5.41, 5.74) is 1.20. The molecule has 0 aliphatic carbocycles. The Kier molecular flexibility index (Phi) is 3.91. The van der Waals surface area contributed by atoms with Gasteiger partial charge in [-0.2, -0.15) is 4.31 Å². The Hall–Kier alpha value is -2.25. The first-order valence-corrected chi connectivity index (χ1v) is 8.67. The van der Waals surface area contributed by atoms with Crippen LogP contribution in [0.15, 0.2) is 53.4 Å². The number of aryl methyl sites for hydroxylation is 1. The highest BCUT2D eigenvalue weighted by atomic mass is 32.2. The summed E-state index contributed by atoms with van der Waals surface area (Å²) in [5.74, 6) is 0. The van der Waals surface area contributed by atoms with Gasteiger partial charge in [-0.1, -0.05) is 36.4 Å². The van der Waals surface area contributed by atoms with Gasteiger partial charge in [0.15, 0.2) is 0 Å². The minimum atomic E-state index is -3.74. The van der Waals surface area contributed by atoms with Crippen LogP contribution in [0, 0.1) is 17.0 Å². The molecule has 1 fully saturated rings. The molecular weight excluding hydrogens is 316 g/mol. The maximum atomic E-state index is 12.8. The van der Waals surface area contributed by atoms with Gasteiger partial charge in [-0.25, -0.2) is 8.42 Å². The maximum absolute atomic E-state index is 12.8. The first-order valence-electron chi connectivity index (χ1n) is 7.23. The molecule has 0 bridgehead atoms. The molecule has 0 N–H and O–H groups in total. The molecule has 0 amide bonds. The van der Waals surface area contributed by atoms with Crippen molar-refractivity contribution in [2.24, 2.45) is 0 Å². The van der Waals surface area contributed by atoms with Gasteiger partial charge in [0.05, 0.1) is 15.9 Å². The minimum absolute atomic E-state index is 0.0320. The van der Waals surface area contributed by atoms with Crippen molar-refractivity contribution in [1.29, 1.82) is 0 Å². The van der Waals surface area contributed by atoms with Gasteiger partial charge in [0.2, 0.25) is 10.0 Å².